The average molecular weight is 387 g/mol. The molecule has 1 aromatic carbocycles. The first-order valence-corrected chi connectivity index (χ1v) is 7.98. The third kappa shape index (κ3) is 4.67. The minimum atomic E-state index is -3.64. The van der Waals surface area contributed by atoms with E-state index in [1.807, 2.05) is 13.8 Å². The van der Waals surface area contributed by atoms with Crippen LogP contribution in [0.25, 0.3) is 0 Å². The monoisotopic (exact) mass is 385 g/mol. The van der Waals surface area contributed by atoms with Crippen molar-refractivity contribution in [2.45, 2.75) is 18.7 Å². The van der Waals surface area contributed by atoms with Gasteiger partial charge in [-0.2, -0.15) is 0 Å². The van der Waals surface area contributed by atoms with Gasteiger partial charge in [0.1, 0.15) is 0 Å². The van der Waals surface area contributed by atoms with Crippen molar-refractivity contribution in [3.63, 3.8) is 0 Å². The lowest BCUT2D eigenvalue weighted by atomic mass is 10.2. The smallest absolute Gasteiger partial charge is 0.263 e. The van der Waals surface area contributed by atoms with Crippen LogP contribution < -0.4 is 4.89 Å². The predicted octanol–water partition coefficient (Wildman–Crippen LogP) is 3.08. The van der Waals surface area contributed by atoms with Gasteiger partial charge < -0.3 is 0 Å². The van der Waals surface area contributed by atoms with E-state index in [1.165, 1.54) is 6.07 Å². The highest BCUT2D eigenvalue weighted by atomic mass is 79.9. The zero-order valence-corrected chi connectivity index (χ0v) is 13.4. The first kappa shape index (κ1) is 15.1. The van der Waals surface area contributed by atoms with Crippen LogP contribution in [0.1, 0.15) is 13.8 Å². The first-order valence-electron chi connectivity index (χ1n) is 4.91. The Labute approximate surface area is 118 Å². The normalized spacial score (nSPS) is 12.1. The summed E-state index contributed by atoms with van der Waals surface area (Å²) in [6, 6.07) is 4.81. The summed E-state index contributed by atoms with van der Waals surface area (Å²) in [5.74, 6) is 0.256. The van der Waals surface area contributed by atoms with E-state index in [4.69, 9.17) is 4.84 Å². The Morgan fingerprint density at radius 3 is 2.53 bits per heavy atom. The average Bonchev–Trinajstić information content (AvgIpc) is 2.15. The van der Waals surface area contributed by atoms with Gasteiger partial charge in [0.25, 0.3) is 10.0 Å². The van der Waals surface area contributed by atoms with Gasteiger partial charge in [-0.25, -0.2) is 8.42 Å². The quantitative estimate of drug-likeness (QED) is 0.791. The summed E-state index contributed by atoms with van der Waals surface area (Å²) in [5.41, 5.74) is 0. The van der Waals surface area contributed by atoms with Gasteiger partial charge in [0.2, 0.25) is 0 Å². The Morgan fingerprint density at radius 2 is 2.00 bits per heavy atom. The summed E-state index contributed by atoms with van der Waals surface area (Å²) in [5, 5.41) is 0. The standard InChI is InChI=1S/C10H13Br2NO3S/c1-7(2)6-16-13-17(14,15)10-4-3-8(11)5-9(10)12/h3-5,7,13H,6H2,1-2H3. The molecule has 1 aromatic rings. The molecule has 1 rings (SSSR count). The summed E-state index contributed by atoms with van der Waals surface area (Å²) >= 11 is 6.46. The Balaban J connectivity index is 2.83. The molecular weight excluding hydrogens is 374 g/mol. The van der Waals surface area contributed by atoms with Crippen LogP contribution in [0.15, 0.2) is 32.0 Å². The molecule has 0 saturated carbocycles. The number of rotatable bonds is 5. The van der Waals surface area contributed by atoms with Crippen LogP contribution in [0.4, 0.5) is 0 Å². The molecule has 0 unspecified atom stereocenters. The lowest BCUT2D eigenvalue weighted by Crippen LogP contribution is -2.26. The fourth-order valence-electron chi connectivity index (χ4n) is 1.02. The molecule has 0 heterocycles. The van der Waals surface area contributed by atoms with Crippen LogP contribution in [-0.2, 0) is 14.9 Å². The van der Waals surface area contributed by atoms with Crippen LogP contribution in [0.5, 0.6) is 0 Å². The lowest BCUT2D eigenvalue weighted by molar-refractivity contribution is 0.0718. The first-order chi connectivity index (χ1) is 7.83. The molecule has 1 N–H and O–H groups in total. The van der Waals surface area contributed by atoms with Gasteiger partial charge in [0.15, 0.2) is 0 Å². The van der Waals surface area contributed by atoms with E-state index in [-0.39, 0.29) is 10.8 Å². The molecule has 0 radical (unpaired) electrons. The van der Waals surface area contributed by atoms with E-state index in [0.29, 0.717) is 11.1 Å². The molecule has 7 heteroatoms. The molecule has 0 aromatic heterocycles. The van der Waals surface area contributed by atoms with Gasteiger partial charge in [-0.05, 0) is 40.0 Å². The molecular formula is C10H13Br2NO3S. The predicted molar refractivity (Wildman–Crippen MR) is 73.0 cm³/mol. The maximum atomic E-state index is 11.9. The summed E-state index contributed by atoms with van der Waals surface area (Å²) in [6.45, 7) is 4.20. The van der Waals surface area contributed by atoms with E-state index in [0.717, 1.165) is 4.47 Å². The van der Waals surface area contributed by atoms with Gasteiger partial charge in [0, 0.05) is 8.95 Å². The van der Waals surface area contributed by atoms with E-state index >= 15 is 0 Å². The van der Waals surface area contributed by atoms with E-state index in [2.05, 4.69) is 36.7 Å². The number of benzene rings is 1. The number of hydrogen-bond acceptors (Lipinski definition) is 3. The minimum Gasteiger partial charge on any atom is -0.287 e. The zero-order chi connectivity index (χ0) is 13.1. The fraction of sp³-hybridized carbons (Fsp3) is 0.400. The minimum absolute atomic E-state index is 0.143. The summed E-state index contributed by atoms with van der Waals surface area (Å²) in [7, 11) is -3.64. The van der Waals surface area contributed by atoms with Gasteiger partial charge in [-0.3, -0.25) is 4.84 Å². The lowest BCUT2D eigenvalue weighted by Gasteiger charge is -2.10. The number of sulfonamides is 1. The maximum Gasteiger partial charge on any atom is 0.263 e. The second-order valence-electron chi connectivity index (χ2n) is 3.87. The highest BCUT2D eigenvalue weighted by Crippen LogP contribution is 2.25. The highest BCUT2D eigenvalue weighted by Gasteiger charge is 2.17. The summed E-state index contributed by atoms with van der Waals surface area (Å²) in [4.78, 5) is 7.17. The Morgan fingerprint density at radius 1 is 1.35 bits per heavy atom. The van der Waals surface area contributed by atoms with Crippen LogP contribution in [0.2, 0.25) is 0 Å². The molecule has 4 nitrogen and oxygen atoms in total. The van der Waals surface area contributed by atoms with Gasteiger partial charge in [0.05, 0.1) is 11.5 Å². The highest BCUT2D eigenvalue weighted by molar-refractivity contribution is 9.11. The molecule has 96 valence electrons. The molecule has 0 atom stereocenters. The number of halogens is 2. The topological polar surface area (TPSA) is 55.4 Å². The number of nitrogens with one attached hydrogen (secondary N) is 1. The van der Waals surface area contributed by atoms with E-state index in [1.54, 1.807) is 12.1 Å². The Bertz CT molecular complexity index is 488. The van der Waals surface area contributed by atoms with Crippen LogP contribution in [0.3, 0.4) is 0 Å². The molecule has 0 aliphatic carbocycles. The van der Waals surface area contributed by atoms with Crippen molar-refractivity contribution in [3.8, 4) is 0 Å². The maximum absolute atomic E-state index is 11.9. The molecule has 17 heavy (non-hydrogen) atoms. The molecule has 0 spiro atoms. The van der Waals surface area contributed by atoms with Gasteiger partial charge >= 0.3 is 0 Å². The molecule has 0 fully saturated rings. The zero-order valence-electron chi connectivity index (χ0n) is 9.41. The molecule has 0 bridgehead atoms. The van der Waals surface area contributed by atoms with E-state index < -0.39 is 10.0 Å². The van der Waals surface area contributed by atoms with Crippen molar-refractivity contribution in [1.29, 1.82) is 0 Å². The molecule has 0 aliphatic rings. The van der Waals surface area contributed by atoms with Gasteiger partial charge in [-0.1, -0.05) is 34.7 Å². The second-order valence-corrected chi connectivity index (χ2v) is 7.25. The third-order valence-corrected chi connectivity index (χ3v) is 4.45. The van der Waals surface area contributed by atoms with Crippen molar-refractivity contribution in [1.82, 2.24) is 4.89 Å². The van der Waals surface area contributed by atoms with Crippen molar-refractivity contribution in [2.24, 2.45) is 5.92 Å². The van der Waals surface area contributed by atoms with Crippen molar-refractivity contribution >= 4 is 41.9 Å². The van der Waals surface area contributed by atoms with Crippen LogP contribution >= 0.6 is 31.9 Å². The van der Waals surface area contributed by atoms with Crippen LogP contribution in [-0.4, -0.2) is 15.0 Å². The molecule has 0 aliphatic heterocycles. The largest absolute Gasteiger partial charge is 0.287 e. The van der Waals surface area contributed by atoms with Crippen molar-refractivity contribution < 1.29 is 13.3 Å². The second kappa shape index (κ2) is 6.29. The van der Waals surface area contributed by atoms with E-state index in [9.17, 15) is 8.42 Å². The van der Waals surface area contributed by atoms with Crippen LogP contribution in [0, 0.1) is 5.92 Å². The molecule has 0 saturated heterocycles. The fourth-order valence-corrected chi connectivity index (χ4v) is 3.58. The Kier molecular flexibility index (Phi) is 5.59. The van der Waals surface area contributed by atoms with Crippen molar-refractivity contribution in [3.05, 3.63) is 27.1 Å². The SMILES string of the molecule is CC(C)CONS(=O)(=O)c1ccc(Br)cc1Br. The Hall–Kier alpha value is 0.0500. The third-order valence-electron chi connectivity index (χ3n) is 1.77. The van der Waals surface area contributed by atoms with Crippen molar-refractivity contribution in [2.75, 3.05) is 6.61 Å². The number of hydrogen-bond donors (Lipinski definition) is 1. The molecule has 0 amide bonds. The summed E-state index contributed by atoms with van der Waals surface area (Å²) < 4.78 is 25.0. The van der Waals surface area contributed by atoms with Gasteiger partial charge in [-0.15, -0.1) is 0 Å². The summed E-state index contributed by atoms with van der Waals surface area (Å²) in [6.07, 6.45) is 0.